The highest BCUT2D eigenvalue weighted by atomic mass is 79.9. The fourth-order valence-corrected chi connectivity index (χ4v) is 2.12. The monoisotopic (exact) mass is 394 g/mol. The fraction of sp³-hybridized carbons (Fsp3) is 0.250. The topological polar surface area (TPSA) is 76.5 Å². The van der Waals surface area contributed by atoms with Crippen molar-refractivity contribution >= 4 is 27.7 Å². The van der Waals surface area contributed by atoms with E-state index in [-0.39, 0.29) is 11.3 Å². The summed E-state index contributed by atoms with van der Waals surface area (Å²) in [5.41, 5.74) is 2.44. The Labute approximate surface area is 147 Å². The molecule has 1 aromatic heterocycles. The van der Waals surface area contributed by atoms with Crippen LogP contribution in [0.3, 0.4) is 0 Å². The van der Waals surface area contributed by atoms with Crippen molar-refractivity contribution in [1.29, 1.82) is 0 Å². The van der Waals surface area contributed by atoms with Crippen LogP contribution in [0.5, 0.6) is 0 Å². The molecule has 0 saturated carbocycles. The first-order valence-corrected chi connectivity index (χ1v) is 7.83. The molecule has 0 saturated heterocycles. The molecule has 2 aromatic rings. The average molecular weight is 395 g/mol. The molecule has 0 fully saturated rings. The van der Waals surface area contributed by atoms with Gasteiger partial charge in [-0.2, -0.15) is 5.10 Å². The lowest BCUT2D eigenvalue weighted by atomic mass is 10.0. The van der Waals surface area contributed by atoms with Gasteiger partial charge in [-0.1, -0.05) is 15.9 Å². The van der Waals surface area contributed by atoms with Crippen LogP contribution in [0, 0.1) is 5.82 Å². The van der Waals surface area contributed by atoms with Crippen molar-refractivity contribution in [1.82, 2.24) is 15.4 Å². The Morgan fingerprint density at radius 1 is 1.29 bits per heavy atom. The Hall–Kier alpha value is -2.35. The normalized spacial score (nSPS) is 12.0. The van der Waals surface area contributed by atoms with Crippen LogP contribution in [-0.2, 0) is 4.74 Å². The molecular formula is C16H16BrFN4O2. The first-order valence-electron chi connectivity index (χ1n) is 7.04. The van der Waals surface area contributed by atoms with Crippen LogP contribution < -0.4 is 5.43 Å². The summed E-state index contributed by atoms with van der Waals surface area (Å²) in [6.45, 7) is 5.20. The van der Waals surface area contributed by atoms with E-state index in [0.29, 0.717) is 10.0 Å². The third-order valence-electron chi connectivity index (χ3n) is 2.68. The summed E-state index contributed by atoms with van der Waals surface area (Å²) in [6, 6.07) is 4.52. The van der Waals surface area contributed by atoms with Crippen molar-refractivity contribution < 1.29 is 13.9 Å². The Morgan fingerprint density at radius 2 is 1.96 bits per heavy atom. The van der Waals surface area contributed by atoms with Gasteiger partial charge >= 0.3 is 6.09 Å². The Balaban J connectivity index is 2.37. The molecule has 0 aliphatic rings. The van der Waals surface area contributed by atoms with Crippen molar-refractivity contribution in [3.63, 3.8) is 0 Å². The second-order valence-electron chi connectivity index (χ2n) is 5.83. The highest BCUT2D eigenvalue weighted by molar-refractivity contribution is 9.10. The molecule has 1 heterocycles. The van der Waals surface area contributed by atoms with E-state index < -0.39 is 17.5 Å². The highest BCUT2D eigenvalue weighted by Gasteiger charge is 2.17. The van der Waals surface area contributed by atoms with Crippen molar-refractivity contribution in [2.45, 2.75) is 26.4 Å². The number of ether oxygens (including phenoxy) is 1. The van der Waals surface area contributed by atoms with Crippen LogP contribution >= 0.6 is 15.9 Å². The van der Waals surface area contributed by atoms with Crippen LogP contribution in [-0.4, -0.2) is 27.4 Å². The van der Waals surface area contributed by atoms with Crippen LogP contribution in [0.4, 0.5) is 9.18 Å². The molecule has 1 aromatic carbocycles. The number of carbonyl (C=O) groups excluding carboxylic acids is 1. The molecular weight excluding hydrogens is 379 g/mol. The zero-order valence-corrected chi connectivity index (χ0v) is 15.0. The number of hydrazone groups is 1. The predicted molar refractivity (Wildman–Crippen MR) is 91.1 cm³/mol. The molecule has 0 aliphatic heterocycles. The molecule has 1 amide bonds. The van der Waals surface area contributed by atoms with Gasteiger partial charge in [-0.05, 0) is 39.0 Å². The van der Waals surface area contributed by atoms with Gasteiger partial charge in [0.15, 0.2) is 0 Å². The molecule has 1 N–H and O–H groups in total. The zero-order valence-electron chi connectivity index (χ0n) is 13.4. The fourth-order valence-electron chi connectivity index (χ4n) is 1.79. The first kappa shape index (κ1) is 18.0. The van der Waals surface area contributed by atoms with Crippen LogP contribution in [0.1, 0.15) is 31.9 Å². The quantitative estimate of drug-likeness (QED) is 0.636. The summed E-state index contributed by atoms with van der Waals surface area (Å²) in [5, 5.41) is 4.00. The standard InChI is InChI=1S/C16H16BrFN4O2/c1-16(2,3)24-15(23)22-21-14(10-7-19-9-20-8-10)12-5-4-11(17)6-13(12)18/h4-9H,1-3H3,(H,22,23)/b21-14-. The second kappa shape index (κ2) is 7.48. The van der Waals surface area contributed by atoms with Crippen LogP contribution in [0.2, 0.25) is 0 Å². The largest absolute Gasteiger partial charge is 0.443 e. The lowest BCUT2D eigenvalue weighted by Gasteiger charge is -2.18. The van der Waals surface area contributed by atoms with E-state index in [2.05, 4.69) is 36.4 Å². The Bertz CT molecular complexity index is 760. The zero-order chi connectivity index (χ0) is 17.7. The van der Waals surface area contributed by atoms with Crippen molar-refractivity contribution in [2.24, 2.45) is 5.10 Å². The predicted octanol–water partition coefficient (Wildman–Crippen LogP) is 3.66. The van der Waals surface area contributed by atoms with Gasteiger partial charge in [-0.3, -0.25) is 0 Å². The van der Waals surface area contributed by atoms with Crippen molar-refractivity contribution in [2.75, 3.05) is 0 Å². The number of carbonyl (C=O) groups is 1. The highest BCUT2D eigenvalue weighted by Crippen LogP contribution is 2.18. The number of aromatic nitrogens is 2. The number of hydrogen-bond acceptors (Lipinski definition) is 5. The molecule has 0 radical (unpaired) electrons. The number of halogens is 2. The third kappa shape index (κ3) is 5.09. The summed E-state index contributed by atoms with van der Waals surface area (Å²) < 4.78 is 20.0. The SMILES string of the molecule is CC(C)(C)OC(=O)N/N=C(/c1cncnc1)c1ccc(Br)cc1F. The van der Waals surface area contributed by atoms with E-state index in [9.17, 15) is 9.18 Å². The molecule has 0 aliphatic carbocycles. The van der Waals surface area contributed by atoms with Crippen molar-refractivity contribution in [3.8, 4) is 0 Å². The van der Waals surface area contributed by atoms with Gasteiger partial charge in [0.1, 0.15) is 23.5 Å². The minimum Gasteiger partial charge on any atom is -0.443 e. The molecule has 0 spiro atoms. The summed E-state index contributed by atoms with van der Waals surface area (Å²) in [7, 11) is 0. The van der Waals surface area contributed by atoms with E-state index in [4.69, 9.17) is 4.74 Å². The van der Waals surface area contributed by atoms with Gasteiger partial charge in [0.25, 0.3) is 0 Å². The maximum atomic E-state index is 14.3. The van der Waals surface area contributed by atoms with Gasteiger partial charge in [-0.15, -0.1) is 0 Å². The van der Waals surface area contributed by atoms with Gasteiger partial charge in [0.2, 0.25) is 0 Å². The minimum atomic E-state index is -0.741. The number of nitrogens with zero attached hydrogens (tertiary/aromatic N) is 3. The summed E-state index contributed by atoms with van der Waals surface area (Å²) in [6.07, 6.45) is 3.56. The molecule has 8 heteroatoms. The smallest absolute Gasteiger partial charge is 0.428 e. The van der Waals surface area contributed by atoms with E-state index in [0.717, 1.165) is 0 Å². The second-order valence-corrected chi connectivity index (χ2v) is 6.74. The lowest BCUT2D eigenvalue weighted by Crippen LogP contribution is -2.30. The molecule has 0 unspecified atom stereocenters. The van der Waals surface area contributed by atoms with E-state index in [1.807, 2.05) is 0 Å². The van der Waals surface area contributed by atoms with E-state index >= 15 is 0 Å². The number of amides is 1. The number of rotatable bonds is 3. The van der Waals surface area contributed by atoms with Crippen LogP contribution in [0.15, 0.2) is 46.5 Å². The number of benzene rings is 1. The minimum absolute atomic E-state index is 0.187. The molecule has 2 rings (SSSR count). The number of hydrogen-bond donors (Lipinski definition) is 1. The van der Waals surface area contributed by atoms with Gasteiger partial charge in [0.05, 0.1) is 0 Å². The summed E-state index contributed by atoms with van der Waals surface area (Å²) in [5.74, 6) is -0.502. The average Bonchev–Trinajstić information content (AvgIpc) is 2.48. The third-order valence-corrected chi connectivity index (χ3v) is 3.17. The van der Waals surface area contributed by atoms with Crippen LogP contribution in [0.25, 0.3) is 0 Å². The summed E-state index contributed by atoms with van der Waals surface area (Å²) >= 11 is 3.20. The number of nitrogens with one attached hydrogen (secondary N) is 1. The lowest BCUT2D eigenvalue weighted by molar-refractivity contribution is 0.0529. The Kier molecular flexibility index (Phi) is 5.61. The van der Waals surface area contributed by atoms with Crippen molar-refractivity contribution in [3.05, 3.63) is 58.3 Å². The van der Waals surface area contributed by atoms with Gasteiger partial charge in [-0.25, -0.2) is 24.6 Å². The van der Waals surface area contributed by atoms with Gasteiger partial charge in [0, 0.05) is 28.0 Å². The molecule has 0 atom stereocenters. The maximum Gasteiger partial charge on any atom is 0.428 e. The van der Waals surface area contributed by atoms with E-state index in [1.165, 1.54) is 24.8 Å². The molecule has 24 heavy (non-hydrogen) atoms. The maximum absolute atomic E-state index is 14.3. The Morgan fingerprint density at radius 3 is 2.54 bits per heavy atom. The molecule has 6 nitrogen and oxygen atoms in total. The summed E-state index contributed by atoms with van der Waals surface area (Å²) in [4.78, 5) is 19.6. The molecule has 0 bridgehead atoms. The van der Waals surface area contributed by atoms with E-state index in [1.54, 1.807) is 32.9 Å². The van der Waals surface area contributed by atoms with Gasteiger partial charge < -0.3 is 4.74 Å². The molecule has 126 valence electrons. The first-order chi connectivity index (χ1) is 11.3.